The van der Waals surface area contributed by atoms with E-state index < -0.39 is 55.0 Å². The molecule has 1 saturated heterocycles. The van der Waals surface area contributed by atoms with Crippen molar-refractivity contribution in [2.24, 2.45) is 5.73 Å². The molecule has 1 aliphatic heterocycles. The van der Waals surface area contributed by atoms with Gasteiger partial charge in [0.2, 0.25) is 0 Å². The Bertz CT molecular complexity index is 1550. The summed E-state index contributed by atoms with van der Waals surface area (Å²) >= 11 is 0. The van der Waals surface area contributed by atoms with E-state index in [-0.39, 0.29) is 11.3 Å². The summed E-state index contributed by atoms with van der Waals surface area (Å²) in [5.41, 5.74) is 6.69. The molecule has 1 aromatic heterocycles. The van der Waals surface area contributed by atoms with Gasteiger partial charge in [-0.15, -0.1) is 0 Å². The lowest BCUT2D eigenvalue weighted by atomic mass is 10.0. The summed E-state index contributed by atoms with van der Waals surface area (Å²) in [5, 5.41) is 21.4. The topological polar surface area (TPSA) is 156 Å². The molecule has 20 heteroatoms. The fraction of sp³-hybridized carbons (Fsp3) is 0.308. The van der Waals surface area contributed by atoms with Crippen LogP contribution in [0.4, 0.5) is 45.2 Å². The number of aromatic nitrogens is 3. The van der Waals surface area contributed by atoms with Gasteiger partial charge in [0.1, 0.15) is 12.1 Å². The monoisotopic (exact) mass is 672 g/mol. The van der Waals surface area contributed by atoms with Crippen LogP contribution in [0.3, 0.4) is 0 Å². The lowest BCUT2D eigenvalue weighted by molar-refractivity contribution is -0.193. The predicted octanol–water partition coefficient (Wildman–Crippen LogP) is 3.63. The first-order chi connectivity index (χ1) is 21.4. The van der Waals surface area contributed by atoms with E-state index in [9.17, 15) is 44.3 Å². The van der Waals surface area contributed by atoms with Crippen LogP contribution in [0, 0.1) is 5.82 Å². The maximum atomic E-state index is 14.9. The number of aliphatic carboxylic acids is 2. The molecule has 11 nitrogen and oxygen atoms in total. The number of alkyl halides is 6. The average molecular weight is 673 g/mol. The van der Waals surface area contributed by atoms with Crippen molar-refractivity contribution in [1.29, 1.82) is 0 Å². The molecule has 2 aromatic carbocycles. The number of piperazine rings is 1. The van der Waals surface area contributed by atoms with Crippen LogP contribution < -0.4 is 21.6 Å². The number of nitrogens with zero attached hydrogens (tertiary/aromatic N) is 4. The number of hydrogen-bond acceptors (Lipinski definition) is 7. The SMILES string of the molecule is NCC(Cn1ncn(-c2ccc(-c3ccc(N4CCNCC4)cc3)c(F)c2)c1=O)=C(F)F.O=C(O)C(F)(F)F.O=C(O)C(F)(F)F. The second kappa shape index (κ2) is 15.9. The minimum Gasteiger partial charge on any atom is -0.475 e. The number of carbonyl (C=O) groups is 2. The number of rotatable bonds is 6. The Hall–Kier alpha value is -4.85. The second-order valence-electron chi connectivity index (χ2n) is 9.06. The van der Waals surface area contributed by atoms with Gasteiger partial charge >= 0.3 is 30.0 Å². The van der Waals surface area contributed by atoms with E-state index in [0.717, 1.165) is 41.1 Å². The third-order valence-corrected chi connectivity index (χ3v) is 5.96. The Kier molecular flexibility index (Phi) is 12.9. The Morgan fingerprint density at radius 1 is 0.891 bits per heavy atom. The summed E-state index contributed by atoms with van der Waals surface area (Å²) < 4.78 is 106. The highest BCUT2D eigenvalue weighted by molar-refractivity contribution is 5.73. The van der Waals surface area contributed by atoms with Crippen molar-refractivity contribution in [3.8, 4) is 16.8 Å². The lowest BCUT2D eigenvalue weighted by Gasteiger charge is -2.29. The molecule has 4 rings (SSSR count). The van der Waals surface area contributed by atoms with Gasteiger partial charge in [-0.05, 0) is 35.9 Å². The van der Waals surface area contributed by atoms with Crippen molar-refractivity contribution in [3.05, 3.63) is 76.7 Å². The van der Waals surface area contributed by atoms with Crippen LogP contribution in [-0.4, -0.2) is 81.6 Å². The standard InChI is InChI=1S/C22H23F3N6O.2C2HF3O2/c23-20-11-18(30-14-28-31(22(30)32)13-16(12-26)21(24)25)5-6-19(20)15-1-3-17(4-2-15)29-9-7-27-8-10-29;2*3-2(4,5)1(6)7/h1-6,11,14,27H,7-10,12-13,26H2;2*(H,6,7). The molecule has 0 radical (unpaired) electrons. The Labute approximate surface area is 252 Å². The van der Waals surface area contributed by atoms with E-state index >= 15 is 0 Å². The largest absolute Gasteiger partial charge is 0.490 e. The quantitative estimate of drug-likeness (QED) is 0.288. The summed E-state index contributed by atoms with van der Waals surface area (Å²) in [4.78, 5) is 32.6. The van der Waals surface area contributed by atoms with Gasteiger partial charge < -0.3 is 26.2 Å². The van der Waals surface area contributed by atoms with Crippen LogP contribution in [0.1, 0.15) is 0 Å². The molecule has 0 aliphatic carbocycles. The number of halogens is 9. The van der Waals surface area contributed by atoms with Gasteiger partial charge in [0, 0.05) is 49.5 Å². The Morgan fingerprint density at radius 2 is 1.39 bits per heavy atom. The van der Waals surface area contributed by atoms with Crippen molar-refractivity contribution in [3.63, 3.8) is 0 Å². The van der Waals surface area contributed by atoms with Crippen molar-refractivity contribution in [2.45, 2.75) is 18.9 Å². The number of carboxylic acids is 2. The molecule has 0 spiro atoms. The highest BCUT2D eigenvalue weighted by atomic mass is 19.4. The molecular weight excluding hydrogens is 647 g/mol. The molecular formula is C26H25F9N6O5. The van der Waals surface area contributed by atoms with Crippen LogP contribution in [0.2, 0.25) is 0 Å². The third kappa shape index (κ3) is 10.6. The van der Waals surface area contributed by atoms with E-state index in [1.54, 1.807) is 12.1 Å². The first-order valence-electron chi connectivity index (χ1n) is 12.7. The number of nitrogens with two attached hydrogens (primary N) is 1. The number of anilines is 1. The molecule has 2 heterocycles. The van der Waals surface area contributed by atoms with Gasteiger partial charge in [-0.2, -0.15) is 40.2 Å². The smallest absolute Gasteiger partial charge is 0.475 e. The van der Waals surface area contributed by atoms with E-state index in [0.29, 0.717) is 11.1 Å². The number of carboxylic acid groups (broad SMARTS) is 2. The van der Waals surface area contributed by atoms with Gasteiger partial charge in [0.05, 0.1) is 12.2 Å². The van der Waals surface area contributed by atoms with Crippen molar-refractivity contribution >= 4 is 17.6 Å². The Balaban J connectivity index is 0.000000440. The van der Waals surface area contributed by atoms with Gasteiger partial charge in [-0.25, -0.2) is 28.0 Å². The molecule has 0 atom stereocenters. The van der Waals surface area contributed by atoms with Crippen molar-refractivity contribution in [1.82, 2.24) is 19.7 Å². The molecule has 252 valence electrons. The number of benzene rings is 2. The minimum atomic E-state index is -5.08. The molecule has 3 aromatic rings. The zero-order valence-corrected chi connectivity index (χ0v) is 23.2. The zero-order chi connectivity index (χ0) is 34.8. The number of hydrogen-bond donors (Lipinski definition) is 4. The lowest BCUT2D eigenvalue weighted by Crippen LogP contribution is -2.43. The van der Waals surface area contributed by atoms with Gasteiger partial charge in [0.25, 0.3) is 6.08 Å². The zero-order valence-electron chi connectivity index (χ0n) is 23.2. The molecule has 1 fully saturated rings. The summed E-state index contributed by atoms with van der Waals surface area (Å²) in [6, 6.07) is 12.1. The van der Waals surface area contributed by atoms with Gasteiger partial charge in [-0.1, -0.05) is 12.1 Å². The molecule has 46 heavy (non-hydrogen) atoms. The maximum absolute atomic E-state index is 14.9. The minimum absolute atomic E-state index is 0.249. The molecule has 0 bridgehead atoms. The van der Waals surface area contributed by atoms with E-state index in [4.69, 9.17) is 25.5 Å². The molecule has 0 unspecified atom stereocenters. The van der Waals surface area contributed by atoms with E-state index in [1.807, 2.05) is 24.3 Å². The highest BCUT2D eigenvalue weighted by Crippen LogP contribution is 2.27. The first-order valence-corrected chi connectivity index (χ1v) is 12.7. The average Bonchev–Trinajstić information content (AvgIpc) is 3.35. The first kappa shape index (κ1) is 37.3. The van der Waals surface area contributed by atoms with Crippen LogP contribution >= 0.6 is 0 Å². The normalized spacial score (nSPS) is 13.1. The molecule has 1 aliphatic rings. The molecule has 0 amide bonds. The fourth-order valence-corrected chi connectivity index (χ4v) is 3.67. The van der Waals surface area contributed by atoms with E-state index in [1.165, 1.54) is 12.4 Å². The summed E-state index contributed by atoms with van der Waals surface area (Å²) in [6.45, 7) is 2.89. The fourth-order valence-electron chi connectivity index (χ4n) is 3.67. The summed E-state index contributed by atoms with van der Waals surface area (Å²) in [6.07, 6.45) is -10.9. The molecule has 5 N–H and O–H groups in total. The van der Waals surface area contributed by atoms with Gasteiger partial charge in [0.15, 0.2) is 0 Å². The Morgan fingerprint density at radius 3 is 1.83 bits per heavy atom. The van der Waals surface area contributed by atoms with E-state index in [2.05, 4.69) is 15.3 Å². The van der Waals surface area contributed by atoms with Crippen molar-refractivity contribution < 1.29 is 59.3 Å². The summed E-state index contributed by atoms with van der Waals surface area (Å²) in [5.74, 6) is -6.02. The summed E-state index contributed by atoms with van der Waals surface area (Å²) in [7, 11) is 0. The van der Waals surface area contributed by atoms with Crippen LogP contribution in [0.15, 0.2) is 65.2 Å². The van der Waals surface area contributed by atoms with Crippen LogP contribution in [0.25, 0.3) is 16.8 Å². The maximum Gasteiger partial charge on any atom is 0.490 e. The second-order valence-corrected chi connectivity index (χ2v) is 9.06. The van der Waals surface area contributed by atoms with Crippen molar-refractivity contribution in [2.75, 3.05) is 37.6 Å². The third-order valence-electron chi connectivity index (χ3n) is 5.96. The predicted molar refractivity (Wildman–Crippen MR) is 144 cm³/mol. The van der Waals surface area contributed by atoms with Gasteiger partial charge in [-0.3, -0.25) is 0 Å². The van der Waals surface area contributed by atoms with Crippen LogP contribution in [-0.2, 0) is 16.1 Å². The van der Waals surface area contributed by atoms with Crippen LogP contribution in [0.5, 0.6) is 0 Å². The number of nitrogens with one attached hydrogen (secondary N) is 1. The highest BCUT2D eigenvalue weighted by Gasteiger charge is 2.38. The molecule has 0 saturated carbocycles.